The van der Waals surface area contributed by atoms with Gasteiger partial charge in [0, 0.05) is 13.0 Å². The van der Waals surface area contributed by atoms with E-state index in [1.165, 1.54) is 0 Å². The second-order valence-electron chi connectivity index (χ2n) is 4.22. The van der Waals surface area contributed by atoms with E-state index in [9.17, 15) is 5.11 Å². The largest absolute Gasteiger partial charge is 0.469 e. The Morgan fingerprint density at radius 2 is 2.23 bits per heavy atom. The molecule has 0 aliphatic carbocycles. The van der Waals surface area contributed by atoms with Crippen LogP contribution in [0, 0.1) is 11.3 Å². The highest BCUT2D eigenvalue weighted by Crippen LogP contribution is 2.30. The number of hydrogen-bond acceptors (Lipinski definition) is 2. The number of hydrogen-bond donors (Lipinski definition) is 1. The van der Waals surface area contributed by atoms with Crippen molar-refractivity contribution in [3.8, 4) is 0 Å². The van der Waals surface area contributed by atoms with Gasteiger partial charge in [-0.2, -0.15) is 0 Å². The fourth-order valence-electron chi connectivity index (χ4n) is 1.25. The Bertz CT molecular complexity index is 239. The van der Waals surface area contributed by atoms with Gasteiger partial charge in [0.1, 0.15) is 5.76 Å². The Hall–Kier alpha value is -0.760. The summed E-state index contributed by atoms with van der Waals surface area (Å²) >= 11 is 0. The van der Waals surface area contributed by atoms with Crippen LogP contribution in [-0.4, -0.2) is 11.7 Å². The first-order chi connectivity index (χ1) is 6.08. The van der Waals surface area contributed by atoms with Gasteiger partial charge in [0.25, 0.3) is 0 Å². The van der Waals surface area contributed by atoms with Crippen molar-refractivity contribution in [2.45, 2.75) is 27.2 Å². The summed E-state index contributed by atoms with van der Waals surface area (Å²) in [6.45, 7) is 6.53. The smallest absolute Gasteiger partial charge is 0.104 e. The molecule has 0 aliphatic rings. The summed E-state index contributed by atoms with van der Waals surface area (Å²) in [5.41, 5.74) is -0.0716. The average Bonchev–Trinajstić information content (AvgIpc) is 2.56. The minimum atomic E-state index is -0.0716. The van der Waals surface area contributed by atoms with Crippen LogP contribution in [0.5, 0.6) is 0 Å². The van der Waals surface area contributed by atoms with Crippen molar-refractivity contribution in [1.82, 2.24) is 0 Å². The molecule has 0 aromatic carbocycles. The first-order valence-electron chi connectivity index (χ1n) is 4.72. The van der Waals surface area contributed by atoms with Gasteiger partial charge in [-0.15, -0.1) is 0 Å². The summed E-state index contributed by atoms with van der Waals surface area (Å²) in [6.07, 6.45) is 2.47. The monoisotopic (exact) mass is 182 g/mol. The third-order valence-corrected chi connectivity index (χ3v) is 2.91. The van der Waals surface area contributed by atoms with Crippen molar-refractivity contribution >= 4 is 0 Å². The molecule has 13 heavy (non-hydrogen) atoms. The second-order valence-corrected chi connectivity index (χ2v) is 4.22. The lowest BCUT2D eigenvalue weighted by Gasteiger charge is -2.30. The van der Waals surface area contributed by atoms with Gasteiger partial charge in [-0.1, -0.05) is 20.8 Å². The first kappa shape index (κ1) is 10.3. The van der Waals surface area contributed by atoms with E-state index in [4.69, 9.17) is 4.42 Å². The lowest BCUT2D eigenvalue weighted by Crippen LogP contribution is -2.30. The van der Waals surface area contributed by atoms with Crippen molar-refractivity contribution in [3.05, 3.63) is 24.2 Å². The molecule has 1 unspecified atom stereocenters. The van der Waals surface area contributed by atoms with Gasteiger partial charge >= 0.3 is 0 Å². The van der Waals surface area contributed by atoms with Crippen LogP contribution in [0.25, 0.3) is 0 Å². The predicted octanol–water partition coefficient (Wildman–Crippen LogP) is 2.48. The summed E-state index contributed by atoms with van der Waals surface area (Å²) in [4.78, 5) is 0. The predicted molar refractivity (Wildman–Crippen MR) is 52.4 cm³/mol. The zero-order valence-corrected chi connectivity index (χ0v) is 8.58. The molecular formula is C11H18O2. The van der Waals surface area contributed by atoms with Crippen LogP contribution < -0.4 is 0 Å². The molecule has 2 heteroatoms. The topological polar surface area (TPSA) is 33.4 Å². The van der Waals surface area contributed by atoms with Crippen LogP contribution in [0.15, 0.2) is 22.8 Å². The lowest BCUT2D eigenvalue weighted by molar-refractivity contribution is 0.0891. The zero-order valence-electron chi connectivity index (χ0n) is 8.58. The Morgan fingerprint density at radius 3 is 2.62 bits per heavy atom. The molecule has 2 nitrogen and oxygen atoms in total. The normalized spacial score (nSPS) is 16.1. The maximum Gasteiger partial charge on any atom is 0.104 e. The Balaban J connectivity index is 2.69. The van der Waals surface area contributed by atoms with E-state index in [2.05, 4.69) is 20.8 Å². The van der Waals surface area contributed by atoms with E-state index in [-0.39, 0.29) is 12.0 Å². The molecule has 0 saturated heterocycles. The van der Waals surface area contributed by atoms with Gasteiger partial charge in [0.05, 0.1) is 6.26 Å². The highest BCUT2D eigenvalue weighted by Gasteiger charge is 2.28. The fraction of sp³-hybridized carbons (Fsp3) is 0.636. The van der Waals surface area contributed by atoms with Gasteiger partial charge < -0.3 is 9.52 Å². The Kier molecular flexibility index (Phi) is 3.15. The van der Waals surface area contributed by atoms with Crippen LogP contribution in [0.1, 0.15) is 26.5 Å². The Labute approximate surface area is 79.6 Å². The standard InChI is InChI=1S/C11H18O2/c1-9(2)11(3,8-12)7-10-5-4-6-13-10/h4-6,9,12H,7-8H2,1-3H3. The van der Waals surface area contributed by atoms with Crippen molar-refractivity contribution in [3.63, 3.8) is 0 Å². The maximum absolute atomic E-state index is 9.31. The maximum atomic E-state index is 9.31. The van der Waals surface area contributed by atoms with Crippen LogP contribution in [0.4, 0.5) is 0 Å². The van der Waals surface area contributed by atoms with Crippen LogP contribution in [0.3, 0.4) is 0 Å². The molecule has 0 spiro atoms. The number of furan rings is 1. The first-order valence-corrected chi connectivity index (χ1v) is 4.72. The Morgan fingerprint density at radius 1 is 1.54 bits per heavy atom. The zero-order chi connectivity index (χ0) is 9.90. The van der Waals surface area contributed by atoms with Gasteiger partial charge in [-0.3, -0.25) is 0 Å². The SMILES string of the molecule is CC(C)C(C)(CO)Cc1ccco1. The molecule has 1 aromatic rings. The molecule has 0 saturated carbocycles. The van der Waals surface area contributed by atoms with Gasteiger partial charge in [0.2, 0.25) is 0 Å². The van der Waals surface area contributed by atoms with E-state index in [0.29, 0.717) is 5.92 Å². The molecule has 1 atom stereocenters. The van der Waals surface area contributed by atoms with Gasteiger partial charge in [-0.05, 0) is 23.5 Å². The van der Waals surface area contributed by atoms with Crippen LogP contribution in [0.2, 0.25) is 0 Å². The van der Waals surface area contributed by atoms with Crippen molar-refractivity contribution < 1.29 is 9.52 Å². The van der Waals surface area contributed by atoms with Crippen LogP contribution in [-0.2, 0) is 6.42 Å². The molecule has 1 rings (SSSR count). The summed E-state index contributed by atoms with van der Waals surface area (Å²) in [6, 6.07) is 3.84. The number of aliphatic hydroxyl groups excluding tert-OH is 1. The van der Waals surface area contributed by atoms with Crippen LogP contribution >= 0.6 is 0 Å². The van der Waals surface area contributed by atoms with E-state index in [0.717, 1.165) is 12.2 Å². The molecule has 74 valence electrons. The molecule has 1 N–H and O–H groups in total. The lowest BCUT2D eigenvalue weighted by atomic mass is 9.76. The molecule has 0 bridgehead atoms. The van der Waals surface area contributed by atoms with Gasteiger partial charge in [-0.25, -0.2) is 0 Å². The third-order valence-electron chi connectivity index (χ3n) is 2.91. The van der Waals surface area contributed by atoms with Crippen molar-refractivity contribution in [2.75, 3.05) is 6.61 Å². The quantitative estimate of drug-likeness (QED) is 0.776. The van der Waals surface area contributed by atoms with Gasteiger partial charge in [0.15, 0.2) is 0 Å². The highest BCUT2D eigenvalue weighted by molar-refractivity contribution is 5.02. The number of rotatable bonds is 4. The summed E-state index contributed by atoms with van der Waals surface area (Å²) < 4.78 is 5.27. The third kappa shape index (κ3) is 2.34. The summed E-state index contributed by atoms with van der Waals surface area (Å²) in [7, 11) is 0. The average molecular weight is 182 g/mol. The molecular weight excluding hydrogens is 164 g/mol. The highest BCUT2D eigenvalue weighted by atomic mass is 16.3. The molecule has 0 radical (unpaired) electrons. The van der Waals surface area contributed by atoms with Crippen molar-refractivity contribution in [1.29, 1.82) is 0 Å². The summed E-state index contributed by atoms with van der Waals surface area (Å²) in [5, 5.41) is 9.31. The van der Waals surface area contributed by atoms with E-state index >= 15 is 0 Å². The number of aliphatic hydroxyl groups is 1. The molecule has 1 aromatic heterocycles. The molecule has 0 aliphatic heterocycles. The molecule has 1 heterocycles. The summed E-state index contributed by atoms with van der Waals surface area (Å²) in [5.74, 6) is 1.40. The van der Waals surface area contributed by atoms with E-state index < -0.39 is 0 Å². The van der Waals surface area contributed by atoms with Crippen molar-refractivity contribution in [2.24, 2.45) is 11.3 Å². The molecule has 0 fully saturated rings. The van der Waals surface area contributed by atoms with E-state index in [1.807, 2.05) is 12.1 Å². The fourth-order valence-corrected chi connectivity index (χ4v) is 1.25. The second kappa shape index (κ2) is 3.97. The van der Waals surface area contributed by atoms with E-state index in [1.54, 1.807) is 6.26 Å². The molecule has 0 amide bonds. The minimum absolute atomic E-state index is 0.0716. The minimum Gasteiger partial charge on any atom is -0.469 e.